The lowest BCUT2D eigenvalue weighted by molar-refractivity contribution is -0.140. The third-order valence-electron chi connectivity index (χ3n) is 6.75. The quantitative estimate of drug-likeness (QED) is 0.280. The number of methoxy groups -OCH3 is 1. The average Bonchev–Trinajstić information content (AvgIpc) is 2.96. The van der Waals surface area contributed by atoms with Crippen LogP contribution in [0.3, 0.4) is 0 Å². The van der Waals surface area contributed by atoms with Crippen molar-refractivity contribution in [3.8, 4) is 5.75 Å². The van der Waals surface area contributed by atoms with Gasteiger partial charge in [-0.1, -0.05) is 61.3 Å². The molecule has 0 aliphatic heterocycles. The van der Waals surface area contributed by atoms with Gasteiger partial charge in [0, 0.05) is 18.1 Å². The first-order valence-corrected chi connectivity index (χ1v) is 15.4. The number of rotatable bonds is 13. The Morgan fingerprint density at radius 1 is 1.00 bits per heavy atom. The maximum atomic E-state index is 14.1. The summed E-state index contributed by atoms with van der Waals surface area (Å²) in [5.41, 5.74) is 2.66. The zero-order valence-corrected chi connectivity index (χ0v) is 25.8. The highest BCUT2D eigenvalue weighted by atomic mass is 35.5. The van der Waals surface area contributed by atoms with Crippen LogP contribution in [-0.4, -0.2) is 51.4 Å². The summed E-state index contributed by atoms with van der Waals surface area (Å²) in [6.45, 7) is 7.46. The Morgan fingerprint density at radius 2 is 1.71 bits per heavy atom. The highest BCUT2D eigenvalue weighted by Gasteiger charge is 2.33. The molecule has 1 N–H and O–H groups in total. The smallest absolute Gasteiger partial charge is 0.264 e. The molecule has 10 heteroatoms. The molecule has 3 aromatic carbocycles. The molecular formula is C31H38ClN3O5S. The van der Waals surface area contributed by atoms with E-state index >= 15 is 0 Å². The number of nitrogens with one attached hydrogen (secondary N) is 1. The highest BCUT2D eigenvalue weighted by molar-refractivity contribution is 7.92. The Morgan fingerprint density at radius 3 is 2.32 bits per heavy atom. The van der Waals surface area contributed by atoms with E-state index in [2.05, 4.69) is 5.32 Å². The fourth-order valence-corrected chi connectivity index (χ4v) is 5.94. The Balaban J connectivity index is 2.08. The second kappa shape index (κ2) is 14.4. The predicted molar refractivity (Wildman–Crippen MR) is 163 cm³/mol. The van der Waals surface area contributed by atoms with Crippen LogP contribution in [0.4, 0.5) is 5.69 Å². The van der Waals surface area contributed by atoms with Gasteiger partial charge in [0.2, 0.25) is 11.8 Å². The molecule has 0 aromatic heterocycles. The molecule has 2 amide bonds. The molecule has 0 radical (unpaired) electrons. The van der Waals surface area contributed by atoms with Crippen molar-refractivity contribution < 1.29 is 22.7 Å². The molecule has 0 fully saturated rings. The highest BCUT2D eigenvalue weighted by Crippen LogP contribution is 2.29. The molecule has 0 aliphatic rings. The number of anilines is 1. The lowest BCUT2D eigenvalue weighted by Gasteiger charge is -2.33. The van der Waals surface area contributed by atoms with E-state index in [1.165, 1.54) is 23.1 Å². The van der Waals surface area contributed by atoms with Gasteiger partial charge in [-0.15, -0.1) is 0 Å². The summed E-state index contributed by atoms with van der Waals surface area (Å²) < 4.78 is 34.3. The minimum absolute atomic E-state index is 0.0414. The minimum atomic E-state index is -4.17. The first-order chi connectivity index (χ1) is 19.5. The number of aryl methyl sites for hydroxylation is 2. The van der Waals surface area contributed by atoms with Crippen molar-refractivity contribution in [1.29, 1.82) is 0 Å². The first kappa shape index (κ1) is 32.0. The van der Waals surface area contributed by atoms with Gasteiger partial charge in [0.1, 0.15) is 18.3 Å². The van der Waals surface area contributed by atoms with Crippen LogP contribution < -0.4 is 14.4 Å². The maximum absolute atomic E-state index is 14.1. The topological polar surface area (TPSA) is 96.0 Å². The Labute approximate surface area is 248 Å². The van der Waals surface area contributed by atoms with E-state index in [1.54, 1.807) is 49.6 Å². The summed E-state index contributed by atoms with van der Waals surface area (Å²) >= 11 is 6.39. The Bertz CT molecular complexity index is 1460. The number of amides is 2. The summed E-state index contributed by atoms with van der Waals surface area (Å²) in [6, 6.07) is 17.7. The van der Waals surface area contributed by atoms with Crippen molar-refractivity contribution >= 4 is 39.1 Å². The molecule has 0 aliphatic carbocycles. The van der Waals surface area contributed by atoms with E-state index in [0.717, 1.165) is 27.4 Å². The third-order valence-corrected chi connectivity index (χ3v) is 8.95. The third kappa shape index (κ3) is 8.01. The van der Waals surface area contributed by atoms with Crippen molar-refractivity contribution in [1.82, 2.24) is 10.2 Å². The molecule has 0 unspecified atom stereocenters. The van der Waals surface area contributed by atoms with Crippen LogP contribution in [0.1, 0.15) is 43.4 Å². The van der Waals surface area contributed by atoms with Gasteiger partial charge in [-0.05, 0) is 74.2 Å². The molecular weight excluding hydrogens is 562 g/mol. The van der Waals surface area contributed by atoms with Crippen molar-refractivity contribution in [2.45, 2.75) is 58.0 Å². The van der Waals surface area contributed by atoms with Gasteiger partial charge in [0.05, 0.1) is 17.7 Å². The number of ether oxygens (including phenoxy) is 1. The van der Waals surface area contributed by atoms with Crippen LogP contribution in [0, 0.1) is 13.8 Å². The fourth-order valence-electron chi connectivity index (χ4n) is 4.36. The van der Waals surface area contributed by atoms with E-state index < -0.39 is 28.5 Å². The molecule has 8 nitrogen and oxygen atoms in total. The monoisotopic (exact) mass is 599 g/mol. The van der Waals surface area contributed by atoms with E-state index in [9.17, 15) is 18.0 Å². The van der Waals surface area contributed by atoms with Crippen LogP contribution >= 0.6 is 11.6 Å². The summed E-state index contributed by atoms with van der Waals surface area (Å²) in [6.07, 6.45) is 1.08. The molecule has 3 rings (SSSR count). The maximum Gasteiger partial charge on any atom is 0.264 e. The zero-order valence-electron chi connectivity index (χ0n) is 24.2. The SMILES string of the molecule is CCCNC(=O)[C@@H](CC)N(Cc1cccc(OC)c1)C(=O)CN(c1ccc(C)c(Cl)c1)S(=O)(=O)c1ccc(C)cc1. The number of halogens is 1. The van der Waals surface area contributed by atoms with Crippen LogP contribution in [0.2, 0.25) is 5.02 Å². The molecule has 0 spiro atoms. The second-order valence-electron chi connectivity index (χ2n) is 9.85. The van der Waals surface area contributed by atoms with Gasteiger partial charge >= 0.3 is 0 Å². The molecule has 220 valence electrons. The van der Waals surface area contributed by atoms with Crippen molar-refractivity contribution in [3.05, 3.63) is 88.4 Å². The number of carbonyl (C=O) groups excluding carboxylic acids is 2. The molecule has 0 saturated carbocycles. The summed E-state index contributed by atoms with van der Waals surface area (Å²) in [4.78, 5) is 28.8. The number of nitrogens with zero attached hydrogens (tertiary/aromatic N) is 2. The van der Waals surface area contributed by atoms with Crippen LogP contribution in [0.15, 0.2) is 71.6 Å². The van der Waals surface area contributed by atoms with Crippen molar-refractivity contribution in [2.24, 2.45) is 0 Å². The minimum Gasteiger partial charge on any atom is -0.497 e. The number of benzene rings is 3. The van der Waals surface area contributed by atoms with Crippen LogP contribution in [-0.2, 0) is 26.2 Å². The predicted octanol–water partition coefficient (Wildman–Crippen LogP) is 5.49. The van der Waals surface area contributed by atoms with Gasteiger partial charge in [-0.2, -0.15) is 0 Å². The summed E-state index contributed by atoms with van der Waals surface area (Å²) in [5.74, 6) is -0.216. The van der Waals surface area contributed by atoms with E-state index in [0.29, 0.717) is 23.7 Å². The van der Waals surface area contributed by atoms with Crippen molar-refractivity contribution in [2.75, 3.05) is 24.5 Å². The van der Waals surface area contributed by atoms with Gasteiger partial charge in [-0.3, -0.25) is 13.9 Å². The fraction of sp³-hybridized carbons (Fsp3) is 0.355. The lowest BCUT2D eigenvalue weighted by atomic mass is 10.1. The van der Waals surface area contributed by atoms with E-state index in [1.807, 2.05) is 33.8 Å². The Kier molecular flexibility index (Phi) is 11.2. The van der Waals surface area contributed by atoms with E-state index in [4.69, 9.17) is 16.3 Å². The summed E-state index contributed by atoms with van der Waals surface area (Å²) in [7, 11) is -2.62. The number of sulfonamides is 1. The zero-order chi connectivity index (χ0) is 30.2. The van der Waals surface area contributed by atoms with Crippen LogP contribution in [0.5, 0.6) is 5.75 Å². The molecule has 0 saturated heterocycles. The van der Waals surface area contributed by atoms with Gasteiger partial charge in [0.15, 0.2) is 0 Å². The van der Waals surface area contributed by atoms with E-state index in [-0.39, 0.29) is 23.0 Å². The average molecular weight is 600 g/mol. The second-order valence-corrected chi connectivity index (χ2v) is 12.1. The van der Waals surface area contributed by atoms with Gasteiger partial charge in [-0.25, -0.2) is 8.42 Å². The van der Waals surface area contributed by atoms with Gasteiger partial charge in [0.25, 0.3) is 10.0 Å². The normalized spacial score (nSPS) is 12.0. The molecule has 1 atom stereocenters. The largest absolute Gasteiger partial charge is 0.497 e. The lowest BCUT2D eigenvalue weighted by Crippen LogP contribution is -2.52. The number of carbonyl (C=O) groups is 2. The van der Waals surface area contributed by atoms with Crippen molar-refractivity contribution in [3.63, 3.8) is 0 Å². The first-order valence-electron chi connectivity index (χ1n) is 13.6. The number of hydrogen-bond acceptors (Lipinski definition) is 5. The molecule has 0 bridgehead atoms. The van der Waals surface area contributed by atoms with Crippen LogP contribution in [0.25, 0.3) is 0 Å². The summed E-state index contributed by atoms with van der Waals surface area (Å²) in [5, 5.41) is 3.25. The standard InChI is InChI=1S/C31H38ClN3O5S/c1-6-17-33-31(37)29(7-2)34(20-24-9-8-10-26(18-24)40-5)30(36)21-35(25-14-13-23(4)28(32)19-25)41(38,39)27-15-11-22(3)12-16-27/h8-16,18-19,29H,6-7,17,20-21H2,1-5H3,(H,33,37)/t29-/m1/s1. The molecule has 3 aromatic rings. The Hall–Kier alpha value is -3.56. The van der Waals surface area contributed by atoms with Gasteiger partial charge < -0.3 is 15.0 Å². The molecule has 41 heavy (non-hydrogen) atoms. The molecule has 0 heterocycles. The number of hydrogen-bond donors (Lipinski definition) is 1.